The van der Waals surface area contributed by atoms with Gasteiger partial charge >= 0.3 is 0 Å². The van der Waals surface area contributed by atoms with E-state index in [0.29, 0.717) is 24.9 Å². The Balaban J connectivity index is 2.01. The molecule has 88 valence electrons. The Morgan fingerprint density at radius 2 is 1.67 bits per heavy atom. The largest absolute Gasteiger partial charge is 0.279 e. The van der Waals surface area contributed by atoms with E-state index in [1.165, 1.54) is 0 Å². The minimum absolute atomic E-state index is 0.211. The molecule has 0 aromatic rings. The Kier molecular flexibility index (Phi) is 3.05. The van der Waals surface area contributed by atoms with Gasteiger partial charge in [0.1, 0.15) is 0 Å². The van der Waals surface area contributed by atoms with E-state index in [-0.39, 0.29) is 6.04 Å². The maximum atomic E-state index is 11.9. The number of hydrogen-bond donors (Lipinski definition) is 1. The highest BCUT2D eigenvalue weighted by Gasteiger charge is 2.34. The first-order chi connectivity index (χ1) is 6.97. The molecule has 2 fully saturated rings. The summed E-state index contributed by atoms with van der Waals surface area (Å²) in [6.07, 6.45) is 3.13. The van der Waals surface area contributed by atoms with Crippen molar-refractivity contribution < 1.29 is 8.42 Å². The van der Waals surface area contributed by atoms with Crippen LogP contribution in [0.15, 0.2) is 0 Å². The van der Waals surface area contributed by atoms with Crippen LogP contribution in [-0.4, -0.2) is 31.9 Å². The molecule has 2 rings (SSSR count). The smallest absolute Gasteiger partial charge is 0.199 e. The number of nitrogens with one attached hydrogen (secondary N) is 1. The van der Waals surface area contributed by atoms with E-state index in [4.69, 9.17) is 0 Å². The van der Waals surface area contributed by atoms with Crippen molar-refractivity contribution in [1.82, 2.24) is 9.03 Å². The molecule has 5 heteroatoms. The van der Waals surface area contributed by atoms with E-state index in [9.17, 15) is 8.42 Å². The molecule has 0 bridgehead atoms. The van der Waals surface area contributed by atoms with Crippen LogP contribution >= 0.6 is 0 Å². The third-order valence-electron chi connectivity index (χ3n) is 3.07. The van der Waals surface area contributed by atoms with Crippen molar-refractivity contribution in [1.29, 1.82) is 0 Å². The van der Waals surface area contributed by atoms with E-state index >= 15 is 0 Å². The van der Waals surface area contributed by atoms with Crippen molar-refractivity contribution in [3.63, 3.8) is 0 Å². The van der Waals surface area contributed by atoms with E-state index in [1.807, 2.05) is 0 Å². The zero-order chi connectivity index (χ0) is 11.1. The van der Waals surface area contributed by atoms with Gasteiger partial charge in [0, 0.05) is 19.1 Å². The van der Waals surface area contributed by atoms with E-state index in [1.54, 1.807) is 4.31 Å². The number of rotatable bonds is 3. The lowest BCUT2D eigenvalue weighted by molar-refractivity contribution is 0.220. The normalized spacial score (nSPS) is 34.3. The Labute approximate surface area is 92.2 Å². The van der Waals surface area contributed by atoms with Gasteiger partial charge in [-0.05, 0) is 31.1 Å². The van der Waals surface area contributed by atoms with Gasteiger partial charge in [0.15, 0.2) is 0 Å². The summed E-state index contributed by atoms with van der Waals surface area (Å²) in [5.74, 6) is 0.953. The second-order valence-corrected chi connectivity index (χ2v) is 6.86. The summed E-state index contributed by atoms with van der Waals surface area (Å²) >= 11 is 0. The van der Waals surface area contributed by atoms with Crippen LogP contribution < -0.4 is 4.72 Å². The van der Waals surface area contributed by atoms with Crippen LogP contribution in [0.4, 0.5) is 0 Å². The molecule has 1 aliphatic carbocycles. The minimum Gasteiger partial charge on any atom is -0.199 e. The van der Waals surface area contributed by atoms with E-state index in [2.05, 4.69) is 18.6 Å². The van der Waals surface area contributed by atoms with Crippen LogP contribution in [0.5, 0.6) is 0 Å². The Morgan fingerprint density at radius 1 is 1.13 bits per heavy atom. The van der Waals surface area contributed by atoms with Crippen LogP contribution in [0.1, 0.15) is 33.1 Å². The molecule has 1 aliphatic heterocycles. The monoisotopic (exact) mass is 232 g/mol. The first-order valence-corrected chi connectivity index (χ1v) is 7.19. The first-order valence-electron chi connectivity index (χ1n) is 5.75. The van der Waals surface area contributed by atoms with Gasteiger partial charge in [0.05, 0.1) is 0 Å². The van der Waals surface area contributed by atoms with Gasteiger partial charge in [0.2, 0.25) is 0 Å². The number of hydrogen-bond acceptors (Lipinski definition) is 2. The molecule has 0 radical (unpaired) electrons. The summed E-state index contributed by atoms with van der Waals surface area (Å²) in [6, 6.07) is 0.211. The molecule has 0 aromatic heterocycles. The summed E-state index contributed by atoms with van der Waals surface area (Å²) in [5.41, 5.74) is 0. The number of nitrogens with zero attached hydrogens (tertiary/aromatic N) is 1. The zero-order valence-corrected chi connectivity index (χ0v) is 10.3. The molecule has 15 heavy (non-hydrogen) atoms. The standard InChI is InChI=1S/C10H20N2O2S/c1-8-5-9(2)7-12(6-8)15(13,14)11-10-3-4-10/h8-11H,3-7H2,1-2H3. The highest BCUT2D eigenvalue weighted by Crippen LogP contribution is 2.25. The van der Waals surface area contributed by atoms with Crippen LogP contribution in [0.3, 0.4) is 0 Å². The quantitative estimate of drug-likeness (QED) is 0.788. The minimum atomic E-state index is -3.20. The molecule has 4 nitrogen and oxygen atoms in total. The molecule has 1 N–H and O–H groups in total. The van der Waals surface area contributed by atoms with Crippen molar-refractivity contribution in [2.45, 2.75) is 39.2 Å². The summed E-state index contributed by atoms with van der Waals surface area (Å²) in [7, 11) is -3.20. The fourth-order valence-electron chi connectivity index (χ4n) is 2.29. The van der Waals surface area contributed by atoms with Crippen molar-refractivity contribution in [3.8, 4) is 0 Å². The van der Waals surface area contributed by atoms with Crippen molar-refractivity contribution >= 4 is 10.2 Å². The summed E-state index contributed by atoms with van der Waals surface area (Å²) in [5, 5.41) is 0. The second kappa shape index (κ2) is 4.03. The van der Waals surface area contributed by atoms with Crippen molar-refractivity contribution in [2.75, 3.05) is 13.1 Å². The molecule has 2 unspecified atom stereocenters. The molecular formula is C10H20N2O2S. The second-order valence-electron chi connectivity index (χ2n) is 5.16. The SMILES string of the molecule is CC1CC(C)CN(S(=O)(=O)NC2CC2)C1. The summed E-state index contributed by atoms with van der Waals surface area (Å²) in [6.45, 7) is 5.59. The van der Waals surface area contributed by atoms with E-state index < -0.39 is 10.2 Å². The predicted molar refractivity (Wildman–Crippen MR) is 59.6 cm³/mol. The lowest BCUT2D eigenvalue weighted by atomic mass is 9.94. The van der Waals surface area contributed by atoms with Gasteiger partial charge in [-0.3, -0.25) is 0 Å². The maximum absolute atomic E-state index is 11.9. The lowest BCUT2D eigenvalue weighted by Gasteiger charge is -2.33. The zero-order valence-electron chi connectivity index (χ0n) is 9.44. The Morgan fingerprint density at radius 3 is 2.13 bits per heavy atom. The lowest BCUT2D eigenvalue weighted by Crippen LogP contribution is -2.48. The van der Waals surface area contributed by atoms with E-state index in [0.717, 1.165) is 19.3 Å². The average Bonchev–Trinajstić information content (AvgIpc) is 2.85. The maximum Gasteiger partial charge on any atom is 0.279 e. The molecular weight excluding hydrogens is 212 g/mol. The molecule has 0 spiro atoms. The summed E-state index contributed by atoms with van der Waals surface area (Å²) < 4.78 is 28.2. The summed E-state index contributed by atoms with van der Waals surface area (Å²) in [4.78, 5) is 0. The topological polar surface area (TPSA) is 49.4 Å². The number of piperidine rings is 1. The fraction of sp³-hybridized carbons (Fsp3) is 1.00. The molecule has 1 saturated carbocycles. The Bertz CT molecular complexity index is 314. The predicted octanol–water partition coefficient (Wildman–Crippen LogP) is 0.961. The molecule has 0 aromatic carbocycles. The first kappa shape index (κ1) is 11.4. The van der Waals surface area contributed by atoms with Crippen LogP contribution in [0.2, 0.25) is 0 Å². The Hall–Kier alpha value is -0.130. The molecule has 1 saturated heterocycles. The van der Waals surface area contributed by atoms with Gasteiger partial charge in [-0.1, -0.05) is 13.8 Å². The third kappa shape index (κ3) is 2.92. The molecule has 2 aliphatic rings. The van der Waals surface area contributed by atoms with Gasteiger partial charge in [-0.25, -0.2) is 0 Å². The molecule has 1 heterocycles. The average molecular weight is 232 g/mol. The van der Waals surface area contributed by atoms with Crippen molar-refractivity contribution in [2.24, 2.45) is 11.8 Å². The third-order valence-corrected chi connectivity index (χ3v) is 4.68. The van der Waals surface area contributed by atoms with Crippen LogP contribution in [0.25, 0.3) is 0 Å². The van der Waals surface area contributed by atoms with Crippen LogP contribution in [-0.2, 0) is 10.2 Å². The molecule has 0 amide bonds. The molecule has 2 atom stereocenters. The van der Waals surface area contributed by atoms with Gasteiger partial charge in [-0.2, -0.15) is 17.4 Å². The van der Waals surface area contributed by atoms with Gasteiger partial charge < -0.3 is 0 Å². The van der Waals surface area contributed by atoms with Crippen LogP contribution in [0, 0.1) is 11.8 Å². The highest BCUT2D eigenvalue weighted by atomic mass is 32.2. The fourth-order valence-corrected chi connectivity index (χ4v) is 4.00. The highest BCUT2D eigenvalue weighted by molar-refractivity contribution is 7.87. The van der Waals surface area contributed by atoms with Crippen molar-refractivity contribution in [3.05, 3.63) is 0 Å². The van der Waals surface area contributed by atoms with Gasteiger partial charge in [0.25, 0.3) is 10.2 Å². The van der Waals surface area contributed by atoms with Gasteiger partial charge in [-0.15, -0.1) is 0 Å².